The smallest absolute Gasteiger partial charge is 0.319 e. The molecule has 1 fully saturated rings. The zero-order chi connectivity index (χ0) is 16.8. The summed E-state index contributed by atoms with van der Waals surface area (Å²) in [4.78, 5) is 11.9. The van der Waals surface area contributed by atoms with E-state index in [0.29, 0.717) is 18.8 Å². The number of hydrogen-bond acceptors (Lipinski definition) is 3. The number of aromatic nitrogens is 2. The molecular weight excluding hydrogens is 311 g/mol. The number of nitrogens with one attached hydrogen (secondary N) is 2. The van der Waals surface area contributed by atoms with Crippen LogP contribution in [-0.2, 0) is 17.8 Å². The quantitative estimate of drug-likeness (QED) is 0.884. The number of urea groups is 1. The molecule has 0 radical (unpaired) electrons. The Balaban J connectivity index is 1.45. The van der Waals surface area contributed by atoms with Gasteiger partial charge in [0.1, 0.15) is 5.82 Å². The molecule has 1 aromatic carbocycles. The van der Waals surface area contributed by atoms with Crippen molar-refractivity contribution in [3.05, 3.63) is 48.0 Å². The van der Waals surface area contributed by atoms with E-state index in [2.05, 4.69) is 15.7 Å². The van der Waals surface area contributed by atoms with Crippen molar-refractivity contribution in [3.8, 4) is 0 Å². The summed E-state index contributed by atoms with van der Waals surface area (Å²) in [6.07, 6.45) is 6.94. The summed E-state index contributed by atoms with van der Waals surface area (Å²) in [7, 11) is 0. The van der Waals surface area contributed by atoms with Crippen molar-refractivity contribution in [1.29, 1.82) is 0 Å². The SMILES string of the molecule is O=C(NCc1ccc(F)cc1)Nc1cnn(C[C@@H]2CCCCO2)c1. The first-order valence-corrected chi connectivity index (χ1v) is 8.12. The Morgan fingerprint density at radius 3 is 2.92 bits per heavy atom. The molecule has 1 aliphatic rings. The summed E-state index contributed by atoms with van der Waals surface area (Å²) in [5, 5.41) is 9.70. The molecule has 0 spiro atoms. The summed E-state index contributed by atoms with van der Waals surface area (Å²) in [5.41, 5.74) is 1.46. The van der Waals surface area contributed by atoms with Crippen LogP contribution in [0.15, 0.2) is 36.7 Å². The summed E-state index contributed by atoms with van der Waals surface area (Å²) in [6.45, 7) is 1.83. The predicted octanol–water partition coefficient (Wildman–Crippen LogP) is 2.91. The minimum atomic E-state index is -0.326. The van der Waals surface area contributed by atoms with Crippen LogP contribution in [0.4, 0.5) is 14.9 Å². The van der Waals surface area contributed by atoms with Crippen molar-refractivity contribution in [2.75, 3.05) is 11.9 Å². The maximum absolute atomic E-state index is 12.8. The average Bonchev–Trinajstić information content (AvgIpc) is 3.02. The predicted molar refractivity (Wildman–Crippen MR) is 88.1 cm³/mol. The van der Waals surface area contributed by atoms with Gasteiger partial charge in [-0.1, -0.05) is 12.1 Å². The van der Waals surface area contributed by atoms with E-state index in [4.69, 9.17) is 4.74 Å². The highest BCUT2D eigenvalue weighted by Crippen LogP contribution is 2.15. The van der Waals surface area contributed by atoms with E-state index in [-0.39, 0.29) is 18.0 Å². The third-order valence-corrected chi connectivity index (χ3v) is 3.92. The van der Waals surface area contributed by atoms with E-state index in [9.17, 15) is 9.18 Å². The highest BCUT2D eigenvalue weighted by Gasteiger charge is 2.15. The number of hydrogen-bond donors (Lipinski definition) is 2. The molecule has 0 unspecified atom stereocenters. The fourth-order valence-corrected chi connectivity index (χ4v) is 2.65. The Bertz CT molecular complexity index is 665. The molecule has 1 aliphatic heterocycles. The summed E-state index contributed by atoms with van der Waals surface area (Å²) in [5.74, 6) is -0.294. The topological polar surface area (TPSA) is 68.2 Å². The first kappa shape index (κ1) is 16.4. The van der Waals surface area contributed by atoms with Crippen LogP contribution >= 0.6 is 0 Å². The fraction of sp³-hybridized carbons (Fsp3) is 0.412. The molecule has 24 heavy (non-hydrogen) atoms. The van der Waals surface area contributed by atoms with Crippen LogP contribution in [0.2, 0.25) is 0 Å². The van der Waals surface area contributed by atoms with E-state index in [1.165, 1.54) is 18.6 Å². The number of ether oxygens (including phenoxy) is 1. The second kappa shape index (κ2) is 7.92. The molecule has 128 valence electrons. The van der Waals surface area contributed by atoms with Gasteiger partial charge >= 0.3 is 6.03 Å². The van der Waals surface area contributed by atoms with Gasteiger partial charge in [-0.15, -0.1) is 0 Å². The lowest BCUT2D eigenvalue weighted by Gasteiger charge is -2.22. The largest absolute Gasteiger partial charge is 0.376 e. The third kappa shape index (κ3) is 4.79. The summed E-state index contributed by atoms with van der Waals surface area (Å²) in [6, 6.07) is 5.68. The molecule has 2 aromatic rings. The van der Waals surface area contributed by atoms with Crippen LogP contribution in [0.3, 0.4) is 0 Å². The Labute approximate surface area is 140 Å². The third-order valence-electron chi connectivity index (χ3n) is 3.92. The zero-order valence-corrected chi connectivity index (χ0v) is 13.4. The number of anilines is 1. The summed E-state index contributed by atoms with van der Waals surface area (Å²) >= 11 is 0. The lowest BCUT2D eigenvalue weighted by molar-refractivity contribution is 0.00401. The number of amides is 2. The van der Waals surface area contributed by atoms with Gasteiger partial charge in [-0.05, 0) is 37.0 Å². The van der Waals surface area contributed by atoms with Crippen molar-refractivity contribution in [3.63, 3.8) is 0 Å². The molecular formula is C17H21FN4O2. The monoisotopic (exact) mass is 332 g/mol. The van der Waals surface area contributed by atoms with Crippen LogP contribution in [-0.4, -0.2) is 28.5 Å². The highest BCUT2D eigenvalue weighted by molar-refractivity contribution is 5.88. The Morgan fingerprint density at radius 1 is 1.33 bits per heavy atom. The van der Waals surface area contributed by atoms with Crippen LogP contribution < -0.4 is 10.6 Å². The van der Waals surface area contributed by atoms with Crippen LogP contribution in [0.25, 0.3) is 0 Å². The minimum Gasteiger partial charge on any atom is -0.376 e. The van der Waals surface area contributed by atoms with Crippen molar-refractivity contribution in [1.82, 2.24) is 15.1 Å². The van der Waals surface area contributed by atoms with E-state index in [1.54, 1.807) is 29.2 Å². The van der Waals surface area contributed by atoms with Crippen LogP contribution in [0.5, 0.6) is 0 Å². The normalized spacial score (nSPS) is 17.5. The first-order chi connectivity index (χ1) is 11.7. The van der Waals surface area contributed by atoms with Gasteiger partial charge in [-0.2, -0.15) is 5.10 Å². The molecule has 7 heteroatoms. The lowest BCUT2D eigenvalue weighted by atomic mass is 10.1. The van der Waals surface area contributed by atoms with Gasteiger partial charge < -0.3 is 15.4 Å². The molecule has 1 atom stereocenters. The van der Waals surface area contributed by atoms with Crippen molar-refractivity contribution < 1.29 is 13.9 Å². The number of rotatable bonds is 5. The van der Waals surface area contributed by atoms with E-state index in [0.717, 1.165) is 25.0 Å². The molecule has 0 bridgehead atoms. The molecule has 1 saturated heterocycles. The zero-order valence-electron chi connectivity index (χ0n) is 13.4. The Kier molecular flexibility index (Phi) is 5.43. The standard InChI is InChI=1S/C17H21FN4O2/c18-14-6-4-13(5-7-14)9-19-17(23)21-15-10-20-22(11-15)12-16-3-1-2-8-24-16/h4-7,10-11,16H,1-3,8-9,12H2,(H2,19,21,23)/t16-/m0/s1. The van der Waals surface area contributed by atoms with Crippen molar-refractivity contribution in [2.24, 2.45) is 0 Å². The maximum atomic E-state index is 12.8. The second-order valence-electron chi connectivity index (χ2n) is 5.87. The fourth-order valence-electron chi connectivity index (χ4n) is 2.65. The van der Waals surface area contributed by atoms with Gasteiger partial charge in [-0.3, -0.25) is 4.68 Å². The molecule has 3 rings (SSSR count). The van der Waals surface area contributed by atoms with Gasteiger partial charge in [0.25, 0.3) is 0 Å². The Morgan fingerprint density at radius 2 is 2.17 bits per heavy atom. The van der Waals surface area contributed by atoms with Gasteiger partial charge in [-0.25, -0.2) is 9.18 Å². The number of nitrogens with zero attached hydrogens (tertiary/aromatic N) is 2. The second-order valence-corrected chi connectivity index (χ2v) is 5.87. The maximum Gasteiger partial charge on any atom is 0.319 e. The molecule has 0 aliphatic carbocycles. The van der Waals surface area contributed by atoms with Gasteiger partial charge in [0.2, 0.25) is 0 Å². The van der Waals surface area contributed by atoms with E-state index in [1.807, 2.05) is 0 Å². The number of halogens is 1. The molecule has 0 saturated carbocycles. The molecule has 6 nitrogen and oxygen atoms in total. The number of carbonyl (C=O) groups is 1. The average molecular weight is 332 g/mol. The Hall–Kier alpha value is -2.41. The summed E-state index contributed by atoms with van der Waals surface area (Å²) < 4.78 is 20.3. The minimum absolute atomic E-state index is 0.193. The molecule has 2 heterocycles. The van der Waals surface area contributed by atoms with Crippen LogP contribution in [0.1, 0.15) is 24.8 Å². The van der Waals surface area contributed by atoms with Crippen molar-refractivity contribution >= 4 is 11.7 Å². The van der Waals surface area contributed by atoms with Crippen LogP contribution in [0, 0.1) is 5.82 Å². The van der Waals surface area contributed by atoms with Gasteiger partial charge in [0, 0.05) is 19.3 Å². The lowest BCUT2D eigenvalue weighted by Crippen LogP contribution is -2.28. The van der Waals surface area contributed by atoms with E-state index < -0.39 is 0 Å². The van der Waals surface area contributed by atoms with Crippen molar-refractivity contribution in [2.45, 2.75) is 38.5 Å². The van der Waals surface area contributed by atoms with E-state index >= 15 is 0 Å². The first-order valence-electron chi connectivity index (χ1n) is 8.12. The highest BCUT2D eigenvalue weighted by atomic mass is 19.1. The molecule has 2 N–H and O–H groups in total. The van der Waals surface area contributed by atoms with Gasteiger partial charge in [0.15, 0.2) is 0 Å². The number of benzene rings is 1. The molecule has 1 aromatic heterocycles. The van der Waals surface area contributed by atoms with Gasteiger partial charge in [0.05, 0.1) is 24.5 Å². The number of carbonyl (C=O) groups excluding carboxylic acids is 1. The molecule has 2 amide bonds.